The highest BCUT2D eigenvalue weighted by Gasteiger charge is 2.42. The van der Waals surface area contributed by atoms with E-state index >= 15 is 0 Å². The molecule has 0 saturated heterocycles. The molecule has 2 atom stereocenters. The van der Waals surface area contributed by atoms with E-state index < -0.39 is 0 Å². The third-order valence-corrected chi connectivity index (χ3v) is 5.55. The molecule has 1 heteroatoms. The summed E-state index contributed by atoms with van der Waals surface area (Å²) in [6.07, 6.45) is 11.9. The summed E-state index contributed by atoms with van der Waals surface area (Å²) in [5.74, 6) is 1.01. The van der Waals surface area contributed by atoms with Gasteiger partial charge in [-0.05, 0) is 41.2 Å². The van der Waals surface area contributed by atoms with Crippen LogP contribution in [0.15, 0.2) is 59.8 Å². The highest BCUT2D eigenvalue weighted by Crippen LogP contribution is 2.55. The van der Waals surface area contributed by atoms with Gasteiger partial charge < -0.3 is 4.90 Å². The molecule has 2 unspecified atom stereocenters. The maximum atomic E-state index is 2.50. The van der Waals surface area contributed by atoms with Gasteiger partial charge in [-0.2, -0.15) is 0 Å². The lowest BCUT2D eigenvalue weighted by molar-refractivity contribution is 0.375. The molecule has 0 N–H and O–H groups in total. The molecule has 0 aliphatic heterocycles. The van der Waals surface area contributed by atoms with Gasteiger partial charge in [0.25, 0.3) is 0 Å². The van der Waals surface area contributed by atoms with Gasteiger partial charge in [0.05, 0.1) is 0 Å². The fraction of sp³-hybridized carbons (Fsp3) is 0.364. The average molecular weight is 303 g/mol. The number of hydrogen-bond donors (Lipinski definition) is 0. The standard InChI is InChI=1S/C22H25N/c1-4-9-15-14-20-17-11-7-6-10-16(17)18-12-8-13-19(21(18)20)22(15)23(3)5-2/h6-8,10-14,19,21H,4-5,9H2,1-3H3. The van der Waals surface area contributed by atoms with Gasteiger partial charge in [0.2, 0.25) is 0 Å². The number of benzene rings is 1. The van der Waals surface area contributed by atoms with E-state index in [0.717, 1.165) is 6.54 Å². The summed E-state index contributed by atoms with van der Waals surface area (Å²) >= 11 is 0. The molecule has 0 amide bonds. The molecule has 1 aromatic rings. The van der Waals surface area contributed by atoms with Crippen molar-refractivity contribution >= 4 is 11.1 Å². The summed E-state index contributed by atoms with van der Waals surface area (Å²) in [5.41, 5.74) is 9.02. The Kier molecular flexibility index (Phi) is 3.52. The van der Waals surface area contributed by atoms with Gasteiger partial charge in [0.1, 0.15) is 0 Å². The molecule has 23 heavy (non-hydrogen) atoms. The summed E-state index contributed by atoms with van der Waals surface area (Å²) in [4.78, 5) is 2.46. The maximum Gasteiger partial charge on any atom is 0.0284 e. The highest BCUT2D eigenvalue weighted by atomic mass is 15.1. The summed E-state index contributed by atoms with van der Waals surface area (Å²) in [5, 5.41) is 0. The Morgan fingerprint density at radius 3 is 2.48 bits per heavy atom. The van der Waals surface area contributed by atoms with Crippen molar-refractivity contribution in [2.75, 3.05) is 13.6 Å². The summed E-state index contributed by atoms with van der Waals surface area (Å²) < 4.78 is 0. The van der Waals surface area contributed by atoms with E-state index in [1.165, 1.54) is 46.4 Å². The van der Waals surface area contributed by atoms with Crippen molar-refractivity contribution in [1.82, 2.24) is 4.90 Å². The molecule has 0 radical (unpaired) electrons. The van der Waals surface area contributed by atoms with E-state index in [0.29, 0.717) is 11.8 Å². The molecule has 0 saturated carbocycles. The minimum absolute atomic E-state index is 0.494. The molecule has 0 bridgehead atoms. The van der Waals surface area contributed by atoms with Gasteiger partial charge in [-0.25, -0.2) is 0 Å². The Hall–Kier alpha value is -2.02. The lowest BCUT2D eigenvalue weighted by atomic mass is 9.73. The van der Waals surface area contributed by atoms with Crippen LogP contribution in [0.3, 0.4) is 0 Å². The van der Waals surface area contributed by atoms with Crippen LogP contribution in [0.4, 0.5) is 0 Å². The highest BCUT2D eigenvalue weighted by molar-refractivity contribution is 5.98. The molecule has 0 aromatic heterocycles. The van der Waals surface area contributed by atoms with Gasteiger partial charge in [0, 0.05) is 31.1 Å². The minimum atomic E-state index is 0.494. The predicted octanol–water partition coefficient (Wildman–Crippen LogP) is 5.29. The Balaban J connectivity index is 1.94. The van der Waals surface area contributed by atoms with Crippen LogP contribution in [0.25, 0.3) is 11.1 Å². The Labute approximate surface area is 139 Å². The maximum absolute atomic E-state index is 2.50. The number of fused-ring (bicyclic) bond motifs is 3. The molecule has 1 nitrogen and oxygen atoms in total. The van der Waals surface area contributed by atoms with Crippen LogP contribution in [-0.4, -0.2) is 18.5 Å². The first kappa shape index (κ1) is 14.6. The number of hydrogen-bond acceptors (Lipinski definition) is 1. The van der Waals surface area contributed by atoms with Crippen LogP contribution >= 0.6 is 0 Å². The van der Waals surface area contributed by atoms with Gasteiger partial charge in [-0.1, -0.05) is 61.9 Å². The molecule has 1 aromatic carbocycles. The summed E-state index contributed by atoms with van der Waals surface area (Å²) in [7, 11) is 2.25. The van der Waals surface area contributed by atoms with Crippen LogP contribution in [0.2, 0.25) is 0 Å². The van der Waals surface area contributed by atoms with Gasteiger partial charge >= 0.3 is 0 Å². The number of rotatable bonds is 4. The van der Waals surface area contributed by atoms with E-state index in [2.05, 4.69) is 74.4 Å². The van der Waals surface area contributed by atoms with Crippen molar-refractivity contribution in [2.45, 2.75) is 26.7 Å². The van der Waals surface area contributed by atoms with Crippen molar-refractivity contribution < 1.29 is 0 Å². The van der Waals surface area contributed by atoms with Gasteiger partial charge in [-0.3, -0.25) is 0 Å². The molecule has 0 spiro atoms. The topological polar surface area (TPSA) is 3.24 Å². The number of allylic oxidation sites excluding steroid dienone is 7. The summed E-state index contributed by atoms with van der Waals surface area (Å²) in [6, 6.07) is 8.94. The largest absolute Gasteiger partial charge is 0.377 e. The number of nitrogens with zero attached hydrogens (tertiary/aromatic N) is 1. The second-order valence-electron chi connectivity index (χ2n) is 6.83. The van der Waals surface area contributed by atoms with E-state index in [1.807, 2.05) is 0 Å². The van der Waals surface area contributed by atoms with Crippen LogP contribution in [0.5, 0.6) is 0 Å². The van der Waals surface area contributed by atoms with Crippen molar-refractivity contribution in [2.24, 2.45) is 11.8 Å². The summed E-state index contributed by atoms with van der Waals surface area (Å²) in [6.45, 7) is 5.60. The third kappa shape index (κ3) is 2.06. The quantitative estimate of drug-likeness (QED) is 0.730. The average Bonchev–Trinajstić information content (AvgIpc) is 2.91. The Bertz CT molecular complexity index is 760. The van der Waals surface area contributed by atoms with Crippen LogP contribution < -0.4 is 0 Å². The minimum Gasteiger partial charge on any atom is -0.377 e. The van der Waals surface area contributed by atoms with Gasteiger partial charge in [-0.15, -0.1) is 0 Å². The second-order valence-corrected chi connectivity index (χ2v) is 6.83. The van der Waals surface area contributed by atoms with Crippen LogP contribution in [0, 0.1) is 11.8 Å². The predicted molar refractivity (Wildman–Crippen MR) is 98.8 cm³/mol. The molecule has 4 rings (SSSR count). The lowest BCUT2D eigenvalue weighted by Crippen LogP contribution is -2.31. The first-order valence-corrected chi connectivity index (χ1v) is 8.90. The normalized spacial score (nSPS) is 24.1. The van der Waals surface area contributed by atoms with Crippen molar-refractivity contribution in [1.29, 1.82) is 0 Å². The first-order chi connectivity index (χ1) is 11.3. The van der Waals surface area contributed by atoms with E-state index in [9.17, 15) is 0 Å². The van der Waals surface area contributed by atoms with Crippen LogP contribution in [0.1, 0.15) is 37.8 Å². The molecule has 118 valence electrons. The van der Waals surface area contributed by atoms with Crippen molar-refractivity contribution in [3.8, 4) is 0 Å². The Morgan fingerprint density at radius 1 is 1.04 bits per heavy atom. The molecule has 3 aliphatic rings. The zero-order valence-corrected chi connectivity index (χ0v) is 14.3. The fourth-order valence-electron chi connectivity index (χ4n) is 4.49. The monoisotopic (exact) mass is 303 g/mol. The Morgan fingerprint density at radius 2 is 1.78 bits per heavy atom. The zero-order chi connectivity index (χ0) is 16.0. The zero-order valence-electron chi connectivity index (χ0n) is 14.3. The van der Waals surface area contributed by atoms with E-state index in [4.69, 9.17) is 0 Å². The van der Waals surface area contributed by atoms with Crippen LogP contribution in [-0.2, 0) is 0 Å². The SMILES string of the molecule is CCCC1=C(N(C)CC)C2C=CC=C3c4ccccc4C(=C1)C32. The fourth-order valence-corrected chi connectivity index (χ4v) is 4.49. The van der Waals surface area contributed by atoms with Gasteiger partial charge in [0.15, 0.2) is 0 Å². The van der Waals surface area contributed by atoms with E-state index in [-0.39, 0.29) is 0 Å². The molecule has 0 heterocycles. The molecular weight excluding hydrogens is 278 g/mol. The molecular formula is C22H25N. The first-order valence-electron chi connectivity index (χ1n) is 8.90. The smallest absolute Gasteiger partial charge is 0.0284 e. The molecule has 3 aliphatic carbocycles. The second kappa shape index (κ2) is 5.56. The van der Waals surface area contributed by atoms with Crippen molar-refractivity contribution in [3.05, 3.63) is 71.0 Å². The van der Waals surface area contributed by atoms with Crippen molar-refractivity contribution in [3.63, 3.8) is 0 Å². The lowest BCUT2D eigenvalue weighted by Gasteiger charge is -2.38. The van der Waals surface area contributed by atoms with E-state index in [1.54, 1.807) is 0 Å². The third-order valence-electron chi connectivity index (χ3n) is 5.55. The molecule has 0 fully saturated rings.